The number of thiazole rings is 1. The average molecular weight is 466 g/mol. The van der Waals surface area contributed by atoms with Gasteiger partial charge in [-0.05, 0) is 60.4 Å². The quantitative estimate of drug-likeness (QED) is 0.419. The van der Waals surface area contributed by atoms with Gasteiger partial charge >= 0.3 is 0 Å². The third-order valence-corrected chi connectivity index (χ3v) is 7.27. The molecule has 1 amide bonds. The lowest BCUT2D eigenvalue weighted by molar-refractivity contribution is -0.118. The van der Waals surface area contributed by atoms with Crippen molar-refractivity contribution in [2.75, 3.05) is 11.2 Å². The number of pyridine rings is 1. The lowest BCUT2D eigenvalue weighted by atomic mass is 10.1. The summed E-state index contributed by atoms with van der Waals surface area (Å²) >= 11 is 1.49. The van der Waals surface area contributed by atoms with Gasteiger partial charge in [0.1, 0.15) is 0 Å². The van der Waals surface area contributed by atoms with E-state index in [1.807, 2.05) is 26.0 Å². The summed E-state index contributed by atoms with van der Waals surface area (Å²) in [7, 11) is -3.28. The molecule has 0 fully saturated rings. The Bertz CT molecular complexity index is 1380. The van der Waals surface area contributed by atoms with Crippen molar-refractivity contribution in [2.45, 2.75) is 31.7 Å². The van der Waals surface area contributed by atoms with Crippen LogP contribution in [0.4, 0.5) is 5.13 Å². The number of hydrogen-bond acceptors (Lipinski definition) is 6. The van der Waals surface area contributed by atoms with Gasteiger partial charge in [-0.1, -0.05) is 35.6 Å². The van der Waals surface area contributed by atoms with Crippen LogP contribution in [0.25, 0.3) is 10.2 Å². The number of benzene rings is 2. The van der Waals surface area contributed by atoms with Crippen molar-refractivity contribution in [2.24, 2.45) is 0 Å². The standard InChI is InChI=1S/C24H23N3O3S2/c1-16-11-17(2)23-21(12-16)31-24(26-23)27(15-19-5-4-10-25-14-19)22(28)13-18-6-8-20(9-7-18)32(3,29)30/h4-12,14H,13,15H2,1-3H3. The number of rotatable bonds is 6. The first-order valence-electron chi connectivity index (χ1n) is 10.1. The molecular weight excluding hydrogens is 442 g/mol. The smallest absolute Gasteiger partial charge is 0.233 e. The SMILES string of the molecule is Cc1cc(C)c2nc(N(Cc3cccnc3)C(=O)Cc3ccc(S(C)(=O)=O)cc3)sc2c1. The van der Waals surface area contributed by atoms with Crippen LogP contribution < -0.4 is 4.90 Å². The molecule has 2 aromatic heterocycles. The maximum Gasteiger partial charge on any atom is 0.233 e. The number of fused-ring (bicyclic) bond motifs is 1. The van der Waals surface area contributed by atoms with Gasteiger partial charge in [-0.15, -0.1) is 0 Å². The van der Waals surface area contributed by atoms with E-state index in [1.165, 1.54) is 29.7 Å². The van der Waals surface area contributed by atoms with Crippen molar-refractivity contribution in [3.8, 4) is 0 Å². The number of anilines is 1. The number of carbonyl (C=O) groups excluding carboxylic acids is 1. The molecule has 0 bridgehead atoms. The predicted octanol–water partition coefficient (Wildman–Crippen LogP) is 4.49. The highest BCUT2D eigenvalue weighted by atomic mass is 32.2. The van der Waals surface area contributed by atoms with E-state index in [-0.39, 0.29) is 17.2 Å². The van der Waals surface area contributed by atoms with Gasteiger partial charge in [0.2, 0.25) is 5.91 Å². The maximum atomic E-state index is 13.4. The second kappa shape index (κ2) is 8.80. The molecule has 0 spiro atoms. The molecule has 8 heteroatoms. The average Bonchev–Trinajstić information content (AvgIpc) is 3.16. The number of hydrogen-bond donors (Lipinski definition) is 0. The second-order valence-corrected chi connectivity index (χ2v) is 10.9. The highest BCUT2D eigenvalue weighted by molar-refractivity contribution is 7.90. The molecule has 0 atom stereocenters. The first-order valence-corrected chi connectivity index (χ1v) is 12.8. The molecule has 2 heterocycles. The summed E-state index contributed by atoms with van der Waals surface area (Å²) in [6.45, 7) is 4.42. The molecule has 32 heavy (non-hydrogen) atoms. The Balaban J connectivity index is 1.68. The summed E-state index contributed by atoms with van der Waals surface area (Å²) in [5.41, 5.74) is 4.78. The summed E-state index contributed by atoms with van der Waals surface area (Å²) in [6, 6.07) is 14.4. The van der Waals surface area contributed by atoms with Gasteiger partial charge in [0.15, 0.2) is 15.0 Å². The van der Waals surface area contributed by atoms with Crippen LogP contribution >= 0.6 is 11.3 Å². The topological polar surface area (TPSA) is 80.2 Å². The van der Waals surface area contributed by atoms with Gasteiger partial charge in [-0.3, -0.25) is 14.7 Å². The molecule has 0 aliphatic heterocycles. The van der Waals surface area contributed by atoms with Crippen LogP contribution in [0.2, 0.25) is 0 Å². The molecule has 0 saturated carbocycles. The Morgan fingerprint density at radius 2 is 1.81 bits per heavy atom. The highest BCUT2D eigenvalue weighted by Crippen LogP contribution is 2.32. The Kier molecular flexibility index (Phi) is 6.08. The molecule has 0 aliphatic rings. The fourth-order valence-corrected chi connectivity index (χ4v) is 5.32. The second-order valence-electron chi connectivity index (χ2n) is 7.86. The van der Waals surface area contributed by atoms with Crippen molar-refractivity contribution < 1.29 is 13.2 Å². The summed E-state index contributed by atoms with van der Waals surface area (Å²) in [5, 5.41) is 0.635. The van der Waals surface area contributed by atoms with E-state index in [0.29, 0.717) is 11.7 Å². The van der Waals surface area contributed by atoms with Crippen molar-refractivity contribution in [1.29, 1.82) is 0 Å². The summed E-state index contributed by atoms with van der Waals surface area (Å²) in [4.78, 5) is 24.2. The number of aryl methyl sites for hydroxylation is 2. The number of nitrogens with zero attached hydrogens (tertiary/aromatic N) is 3. The van der Waals surface area contributed by atoms with Gasteiger partial charge < -0.3 is 0 Å². The lowest BCUT2D eigenvalue weighted by Crippen LogP contribution is -2.31. The van der Waals surface area contributed by atoms with Crippen LogP contribution in [-0.4, -0.2) is 30.5 Å². The predicted molar refractivity (Wildman–Crippen MR) is 128 cm³/mol. The fraction of sp³-hybridized carbons (Fsp3) is 0.208. The molecule has 2 aromatic carbocycles. The van der Waals surface area contributed by atoms with Crippen LogP contribution in [-0.2, 0) is 27.6 Å². The van der Waals surface area contributed by atoms with Crippen molar-refractivity contribution in [1.82, 2.24) is 9.97 Å². The van der Waals surface area contributed by atoms with Crippen LogP contribution in [0, 0.1) is 13.8 Å². The Hall–Kier alpha value is -3.10. The van der Waals surface area contributed by atoms with Crippen LogP contribution in [0.15, 0.2) is 65.8 Å². The number of amides is 1. The van der Waals surface area contributed by atoms with Crippen molar-refractivity contribution >= 4 is 42.4 Å². The molecule has 0 radical (unpaired) electrons. The van der Waals surface area contributed by atoms with Gasteiger partial charge in [0, 0.05) is 18.6 Å². The normalized spacial score (nSPS) is 11.6. The number of aromatic nitrogens is 2. The third kappa shape index (κ3) is 4.87. The zero-order valence-electron chi connectivity index (χ0n) is 18.1. The van der Waals surface area contributed by atoms with E-state index in [0.717, 1.165) is 32.5 Å². The molecule has 164 valence electrons. The van der Waals surface area contributed by atoms with Gasteiger partial charge in [-0.25, -0.2) is 13.4 Å². The fourth-order valence-electron chi connectivity index (χ4n) is 3.54. The van der Waals surface area contributed by atoms with Crippen molar-refractivity contribution in [3.63, 3.8) is 0 Å². The first kappa shape index (κ1) is 22.1. The van der Waals surface area contributed by atoms with E-state index in [9.17, 15) is 13.2 Å². The van der Waals surface area contributed by atoms with Crippen LogP contribution in [0.3, 0.4) is 0 Å². The van der Waals surface area contributed by atoms with E-state index >= 15 is 0 Å². The Morgan fingerprint density at radius 3 is 2.47 bits per heavy atom. The summed E-state index contributed by atoms with van der Waals surface area (Å²) < 4.78 is 24.5. The molecular formula is C24H23N3O3S2. The highest BCUT2D eigenvalue weighted by Gasteiger charge is 2.21. The zero-order valence-corrected chi connectivity index (χ0v) is 19.7. The summed E-state index contributed by atoms with van der Waals surface area (Å²) in [5.74, 6) is -0.116. The van der Waals surface area contributed by atoms with E-state index in [4.69, 9.17) is 4.98 Å². The van der Waals surface area contributed by atoms with Gasteiger partial charge in [0.05, 0.1) is 28.1 Å². The first-order chi connectivity index (χ1) is 15.2. The Morgan fingerprint density at radius 1 is 1.06 bits per heavy atom. The minimum Gasteiger partial charge on any atom is -0.283 e. The largest absolute Gasteiger partial charge is 0.283 e. The van der Waals surface area contributed by atoms with Crippen molar-refractivity contribution in [3.05, 3.63) is 83.2 Å². The lowest BCUT2D eigenvalue weighted by Gasteiger charge is -2.20. The molecule has 4 rings (SSSR count). The molecule has 0 N–H and O–H groups in total. The van der Waals surface area contributed by atoms with E-state index in [1.54, 1.807) is 29.4 Å². The monoisotopic (exact) mass is 465 g/mol. The molecule has 4 aromatic rings. The molecule has 6 nitrogen and oxygen atoms in total. The minimum absolute atomic E-state index is 0.116. The van der Waals surface area contributed by atoms with Gasteiger partial charge in [-0.2, -0.15) is 0 Å². The number of carbonyl (C=O) groups is 1. The van der Waals surface area contributed by atoms with Crippen LogP contribution in [0.5, 0.6) is 0 Å². The van der Waals surface area contributed by atoms with E-state index in [2.05, 4.69) is 17.1 Å². The molecule has 0 aliphatic carbocycles. The Labute approximate surface area is 191 Å². The molecule has 0 unspecified atom stereocenters. The third-order valence-electron chi connectivity index (χ3n) is 5.12. The van der Waals surface area contributed by atoms with Crippen LogP contribution in [0.1, 0.15) is 22.3 Å². The van der Waals surface area contributed by atoms with Gasteiger partial charge in [0.25, 0.3) is 0 Å². The van der Waals surface area contributed by atoms with E-state index < -0.39 is 9.84 Å². The summed E-state index contributed by atoms with van der Waals surface area (Å²) in [6.07, 6.45) is 4.74. The minimum atomic E-state index is -3.28. The number of sulfone groups is 1. The zero-order chi connectivity index (χ0) is 22.9. The molecule has 0 saturated heterocycles. The maximum absolute atomic E-state index is 13.4.